The third kappa shape index (κ3) is 4.96. The van der Waals surface area contributed by atoms with Crippen LogP contribution in [0.5, 0.6) is 0 Å². The van der Waals surface area contributed by atoms with Crippen LogP contribution in [0.4, 0.5) is 24.5 Å². The number of likely N-dealkylation sites (tertiary alicyclic amines) is 1. The molecule has 0 aliphatic carbocycles. The molecule has 0 N–H and O–H groups in total. The van der Waals surface area contributed by atoms with Gasteiger partial charge in [0, 0.05) is 31.0 Å². The lowest BCUT2D eigenvalue weighted by molar-refractivity contribution is -0.137. The summed E-state index contributed by atoms with van der Waals surface area (Å²) in [4.78, 5) is 20.4. The van der Waals surface area contributed by atoms with E-state index in [1.54, 1.807) is 19.3 Å². The molecule has 1 atom stereocenters. The highest BCUT2D eigenvalue weighted by molar-refractivity contribution is 5.81. The Labute approximate surface area is 169 Å². The number of carbonyl (C=O) groups excluding carboxylic acids is 1. The molecule has 3 rings (SSSR count). The topological polar surface area (TPSA) is 36.4 Å². The molecule has 4 nitrogen and oxygen atoms in total. The third-order valence-corrected chi connectivity index (χ3v) is 5.56. The van der Waals surface area contributed by atoms with E-state index in [4.69, 9.17) is 0 Å². The number of halogens is 3. The number of hydrogen-bond donors (Lipinski definition) is 0. The van der Waals surface area contributed by atoms with Gasteiger partial charge in [0.25, 0.3) is 0 Å². The molecule has 1 fully saturated rings. The number of anilines is 2. The standard InChI is InChI=1S/C22H26F3N3O/c1-3-21(16(2)29)27-13-10-19(11-14-27)28(20-5-4-12-26-15-20)18-8-6-17(7-9-18)22(23,24)25/h4-9,12,15,19,21H,3,10-11,13-14H2,1-2H3. The lowest BCUT2D eigenvalue weighted by Crippen LogP contribution is -2.49. The minimum absolute atomic E-state index is 0.0612. The Morgan fingerprint density at radius 1 is 1.17 bits per heavy atom. The smallest absolute Gasteiger partial charge is 0.337 e. The zero-order valence-electron chi connectivity index (χ0n) is 16.7. The van der Waals surface area contributed by atoms with Crippen LogP contribution in [0.25, 0.3) is 0 Å². The highest BCUT2D eigenvalue weighted by Gasteiger charge is 2.32. The summed E-state index contributed by atoms with van der Waals surface area (Å²) < 4.78 is 38.9. The maximum Gasteiger partial charge on any atom is 0.416 e. The van der Waals surface area contributed by atoms with E-state index in [0.29, 0.717) is 5.69 Å². The molecule has 29 heavy (non-hydrogen) atoms. The van der Waals surface area contributed by atoms with Crippen molar-refractivity contribution in [3.8, 4) is 0 Å². The van der Waals surface area contributed by atoms with Gasteiger partial charge in [-0.15, -0.1) is 0 Å². The quantitative estimate of drug-likeness (QED) is 0.672. The number of hydrogen-bond acceptors (Lipinski definition) is 4. The molecule has 1 aromatic carbocycles. The molecule has 0 spiro atoms. The molecule has 7 heteroatoms. The van der Waals surface area contributed by atoms with Gasteiger partial charge in [0.15, 0.2) is 0 Å². The van der Waals surface area contributed by atoms with Crippen LogP contribution in [0.3, 0.4) is 0 Å². The minimum atomic E-state index is -4.36. The number of pyridine rings is 1. The third-order valence-electron chi connectivity index (χ3n) is 5.56. The average Bonchev–Trinajstić information content (AvgIpc) is 2.70. The summed E-state index contributed by atoms with van der Waals surface area (Å²) in [5, 5.41) is 0. The van der Waals surface area contributed by atoms with Crippen molar-refractivity contribution in [2.45, 2.75) is 51.4 Å². The van der Waals surface area contributed by atoms with Crippen molar-refractivity contribution in [3.63, 3.8) is 0 Å². The predicted molar refractivity (Wildman–Crippen MR) is 107 cm³/mol. The van der Waals surface area contributed by atoms with Gasteiger partial charge in [-0.2, -0.15) is 13.2 Å². The number of alkyl halides is 3. The second kappa shape index (κ2) is 8.95. The number of carbonyl (C=O) groups is 1. The molecule has 156 valence electrons. The molecule has 1 aliphatic rings. The first-order valence-corrected chi connectivity index (χ1v) is 9.92. The van der Waals surface area contributed by atoms with Crippen LogP contribution in [0.15, 0.2) is 48.8 Å². The van der Waals surface area contributed by atoms with Crippen LogP contribution in [0.2, 0.25) is 0 Å². The van der Waals surface area contributed by atoms with Crippen LogP contribution in [-0.2, 0) is 11.0 Å². The van der Waals surface area contributed by atoms with E-state index in [9.17, 15) is 18.0 Å². The number of rotatable bonds is 6. The molecule has 2 aromatic rings. The Balaban J connectivity index is 1.84. The normalized spacial score (nSPS) is 17.1. The minimum Gasteiger partial charge on any atom is -0.337 e. The summed E-state index contributed by atoms with van der Waals surface area (Å²) in [5.41, 5.74) is 0.904. The van der Waals surface area contributed by atoms with Gasteiger partial charge in [-0.05, 0) is 62.6 Å². The van der Waals surface area contributed by atoms with E-state index >= 15 is 0 Å². The monoisotopic (exact) mass is 405 g/mol. The van der Waals surface area contributed by atoms with Crippen LogP contribution >= 0.6 is 0 Å². The van der Waals surface area contributed by atoms with Gasteiger partial charge in [0.1, 0.15) is 5.78 Å². The lowest BCUT2D eigenvalue weighted by Gasteiger charge is -2.41. The number of aromatic nitrogens is 1. The Morgan fingerprint density at radius 3 is 2.31 bits per heavy atom. The summed E-state index contributed by atoms with van der Waals surface area (Å²) >= 11 is 0. The molecule has 1 unspecified atom stereocenters. The van der Waals surface area contributed by atoms with Crippen LogP contribution in [0.1, 0.15) is 38.7 Å². The van der Waals surface area contributed by atoms with E-state index in [0.717, 1.165) is 50.2 Å². The fourth-order valence-electron chi connectivity index (χ4n) is 4.14. The number of Topliss-reactive ketones (excluding diaryl/α,β-unsaturated/α-hetero) is 1. The second-order valence-electron chi connectivity index (χ2n) is 7.43. The maximum absolute atomic E-state index is 13.0. The Bertz CT molecular complexity index is 800. The summed E-state index contributed by atoms with van der Waals surface area (Å²) in [6, 6.07) is 9.09. The van der Waals surface area contributed by atoms with Crippen LogP contribution in [-0.4, -0.2) is 40.8 Å². The molecule has 2 heterocycles. The van der Waals surface area contributed by atoms with E-state index in [1.165, 1.54) is 12.1 Å². The van der Waals surface area contributed by atoms with E-state index in [2.05, 4.69) is 14.8 Å². The van der Waals surface area contributed by atoms with Gasteiger partial charge in [-0.3, -0.25) is 14.7 Å². The zero-order valence-corrected chi connectivity index (χ0v) is 16.7. The summed E-state index contributed by atoms with van der Waals surface area (Å²) in [6.45, 7) is 5.20. The SMILES string of the molecule is CCC(C(C)=O)N1CCC(N(c2ccc(C(F)(F)F)cc2)c2cccnc2)CC1. The van der Waals surface area contributed by atoms with Crippen molar-refractivity contribution >= 4 is 17.2 Å². The van der Waals surface area contributed by atoms with Gasteiger partial charge in [-0.25, -0.2) is 0 Å². The Hall–Kier alpha value is -2.41. The van der Waals surface area contributed by atoms with Gasteiger partial charge < -0.3 is 4.90 Å². The fourth-order valence-corrected chi connectivity index (χ4v) is 4.14. The summed E-state index contributed by atoms with van der Waals surface area (Å²) in [5.74, 6) is 0.179. The van der Waals surface area contributed by atoms with Crippen molar-refractivity contribution in [3.05, 3.63) is 54.4 Å². The van der Waals surface area contributed by atoms with Crippen LogP contribution < -0.4 is 4.90 Å². The van der Waals surface area contributed by atoms with Gasteiger partial charge in [0.2, 0.25) is 0 Å². The molecule has 1 aliphatic heterocycles. The molecule has 0 bridgehead atoms. The van der Waals surface area contributed by atoms with Gasteiger partial charge >= 0.3 is 6.18 Å². The van der Waals surface area contributed by atoms with Crippen molar-refractivity contribution < 1.29 is 18.0 Å². The predicted octanol–water partition coefficient (Wildman–Crippen LogP) is 5.07. The average molecular weight is 405 g/mol. The molecule has 0 saturated carbocycles. The summed E-state index contributed by atoms with van der Waals surface area (Å²) in [7, 11) is 0. The van der Waals surface area contributed by atoms with Gasteiger partial charge in [-0.1, -0.05) is 6.92 Å². The molecule has 0 radical (unpaired) electrons. The molecule has 1 saturated heterocycles. The first-order valence-electron chi connectivity index (χ1n) is 9.92. The van der Waals surface area contributed by atoms with Crippen molar-refractivity contribution in [1.82, 2.24) is 9.88 Å². The zero-order chi connectivity index (χ0) is 21.0. The fraction of sp³-hybridized carbons (Fsp3) is 0.455. The molecule has 0 amide bonds. The number of benzene rings is 1. The maximum atomic E-state index is 13.0. The first-order chi connectivity index (χ1) is 13.8. The van der Waals surface area contributed by atoms with Crippen molar-refractivity contribution in [1.29, 1.82) is 0 Å². The highest BCUT2D eigenvalue weighted by atomic mass is 19.4. The largest absolute Gasteiger partial charge is 0.416 e. The summed E-state index contributed by atoms with van der Waals surface area (Å²) in [6.07, 6.45) is 1.47. The van der Waals surface area contributed by atoms with E-state index in [-0.39, 0.29) is 17.9 Å². The highest BCUT2D eigenvalue weighted by Crippen LogP contribution is 2.35. The molecular formula is C22H26F3N3O. The van der Waals surface area contributed by atoms with Gasteiger partial charge in [0.05, 0.1) is 23.5 Å². The number of ketones is 1. The second-order valence-corrected chi connectivity index (χ2v) is 7.43. The number of piperidine rings is 1. The molecular weight excluding hydrogens is 379 g/mol. The van der Waals surface area contributed by atoms with E-state index in [1.807, 2.05) is 19.1 Å². The number of nitrogens with zero attached hydrogens (tertiary/aromatic N) is 3. The lowest BCUT2D eigenvalue weighted by atomic mass is 9.98. The van der Waals surface area contributed by atoms with E-state index < -0.39 is 11.7 Å². The Kier molecular flexibility index (Phi) is 6.57. The molecule has 1 aromatic heterocycles. The van der Waals surface area contributed by atoms with Crippen LogP contribution in [0, 0.1) is 0 Å². The first kappa shape index (κ1) is 21.3. The van der Waals surface area contributed by atoms with Crippen molar-refractivity contribution in [2.24, 2.45) is 0 Å². The Morgan fingerprint density at radius 2 is 1.83 bits per heavy atom. The van der Waals surface area contributed by atoms with Crippen molar-refractivity contribution in [2.75, 3.05) is 18.0 Å².